The zero-order valence-corrected chi connectivity index (χ0v) is 13.1. The van der Waals surface area contributed by atoms with Gasteiger partial charge in [-0.2, -0.15) is 0 Å². The monoisotopic (exact) mass is 315 g/mol. The topological polar surface area (TPSA) is 55.4 Å². The lowest BCUT2D eigenvalue weighted by Crippen LogP contribution is -2.31. The second-order valence-electron chi connectivity index (χ2n) is 5.48. The van der Waals surface area contributed by atoms with Crippen molar-refractivity contribution in [3.05, 3.63) is 57.8 Å². The number of nitrogens with one attached hydrogen (secondary N) is 1. The van der Waals surface area contributed by atoms with E-state index in [0.717, 1.165) is 24.2 Å². The molecule has 0 unspecified atom stereocenters. The van der Waals surface area contributed by atoms with Gasteiger partial charge in [-0.15, -0.1) is 11.3 Å². The van der Waals surface area contributed by atoms with E-state index < -0.39 is 5.97 Å². The minimum atomic E-state index is -0.410. The fraction of sp³-hybridized carbons (Fsp3) is 0.294. The minimum absolute atomic E-state index is 0.0827. The van der Waals surface area contributed by atoms with Crippen molar-refractivity contribution in [2.75, 3.05) is 13.7 Å². The average molecular weight is 315 g/mol. The molecule has 1 heterocycles. The van der Waals surface area contributed by atoms with Gasteiger partial charge in [-0.25, -0.2) is 4.79 Å². The Morgan fingerprint density at radius 3 is 2.45 bits per heavy atom. The molecule has 1 aliphatic carbocycles. The normalized spacial score (nSPS) is 15.1. The number of rotatable bonds is 5. The van der Waals surface area contributed by atoms with Crippen LogP contribution in [-0.4, -0.2) is 25.5 Å². The number of ether oxygens (including phenoxy) is 1. The molecule has 0 aliphatic heterocycles. The summed E-state index contributed by atoms with van der Waals surface area (Å²) in [6.45, 7) is 0.626. The van der Waals surface area contributed by atoms with Gasteiger partial charge in [0.1, 0.15) is 4.88 Å². The molecule has 4 nitrogen and oxygen atoms in total. The Kier molecular flexibility index (Phi) is 3.98. The molecule has 1 aliphatic rings. The first-order valence-electron chi connectivity index (χ1n) is 7.16. The Hall–Kier alpha value is -2.14. The Bertz CT molecular complexity index is 689. The Morgan fingerprint density at radius 1 is 1.14 bits per heavy atom. The van der Waals surface area contributed by atoms with Gasteiger partial charge in [0.15, 0.2) is 0 Å². The molecule has 0 bridgehead atoms. The maximum atomic E-state index is 12.2. The van der Waals surface area contributed by atoms with Crippen molar-refractivity contribution in [1.29, 1.82) is 0 Å². The summed E-state index contributed by atoms with van der Waals surface area (Å²) in [6.07, 6.45) is 2.18. The van der Waals surface area contributed by atoms with Gasteiger partial charge in [0.2, 0.25) is 0 Å². The highest BCUT2D eigenvalue weighted by Gasteiger charge is 2.44. The SMILES string of the molecule is COC(=O)c1ccc(C(=O)NCC2(c3ccccc3)CC2)s1. The summed E-state index contributed by atoms with van der Waals surface area (Å²) in [5, 5.41) is 2.99. The maximum absolute atomic E-state index is 12.2. The lowest BCUT2D eigenvalue weighted by atomic mass is 9.96. The summed E-state index contributed by atoms with van der Waals surface area (Å²) in [7, 11) is 1.33. The van der Waals surface area contributed by atoms with Crippen molar-refractivity contribution in [1.82, 2.24) is 5.32 Å². The van der Waals surface area contributed by atoms with Crippen molar-refractivity contribution in [3.8, 4) is 0 Å². The first-order chi connectivity index (χ1) is 10.6. The molecular formula is C17H17NO3S. The van der Waals surface area contributed by atoms with Crippen LogP contribution in [0.3, 0.4) is 0 Å². The predicted molar refractivity (Wildman–Crippen MR) is 85.3 cm³/mol. The third-order valence-corrected chi connectivity index (χ3v) is 5.11. The van der Waals surface area contributed by atoms with Gasteiger partial charge in [0, 0.05) is 12.0 Å². The highest BCUT2D eigenvalue weighted by Crippen LogP contribution is 2.47. The largest absolute Gasteiger partial charge is 0.465 e. The van der Waals surface area contributed by atoms with Crippen molar-refractivity contribution >= 4 is 23.2 Å². The quantitative estimate of drug-likeness (QED) is 0.863. The summed E-state index contributed by atoms with van der Waals surface area (Å²) >= 11 is 1.15. The van der Waals surface area contributed by atoms with E-state index in [0.29, 0.717) is 16.3 Å². The smallest absolute Gasteiger partial charge is 0.348 e. The van der Waals surface area contributed by atoms with Crippen LogP contribution in [-0.2, 0) is 10.2 Å². The number of hydrogen-bond donors (Lipinski definition) is 1. The molecule has 1 aromatic carbocycles. The molecule has 22 heavy (non-hydrogen) atoms. The van der Waals surface area contributed by atoms with E-state index in [2.05, 4.69) is 22.2 Å². The molecular weight excluding hydrogens is 298 g/mol. The van der Waals surface area contributed by atoms with Crippen molar-refractivity contribution < 1.29 is 14.3 Å². The van der Waals surface area contributed by atoms with Crippen molar-refractivity contribution in [2.45, 2.75) is 18.3 Å². The molecule has 1 amide bonds. The summed E-state index contributed by atoms with van der Waals surface area (Å²) in [5.41, 5.74) is 1.36. The van der Waals surface area contributed by atoms with Gasteiger partial charge in [-0.05, 0) is 30.5 Å². The standard InChI is InChI=1S/C17H17NO3S/c1-21-16(20)14-8-7-13(22-14)15(19)18-11-17(9-10-17)12-5-3-2-4-6-12/h2-8H,9-11H2,1H3,(H,18,19). The highest BCUT2D eigenvalue weighted by molar-refractivity contribution is 7.15. The van der Waals surface area contributed by atoms with Crippen LogP contribution in [0.25, 0.3) is 0 Å². The van der Waals surface area contributed by atoms with Gasteiger partial charge >= 0.3 is 5.97 Å². The number of methoxy groups -OCH3 is 1. The zero-order valence-electron chi connectivity index (χ0n) is 12.3. The maximum Gasteiger partial charge on any atom is 0.348 e. The highest BCUT2D eigenvalue weighted by atomic mass is 32.1. The van der Waals surface area contributed by atoms with E-state index in [9.17, 15) is 9.59 Å². The van der Waals surface area contributed by atoms with Crippen LogP contribution in [0.5, 0.6) is 0 Å². The molecule has 114 valence electrons. The molecule has 5 heteroatoms. The number of hydrogen-bond acceptors (Lipinski definition) is 4. The summed E-state index contributed by atoms with van der Waals surface area (Å²) in [5.74, 6) is -0.547. The summed E-state index contributed by atoms with van der Waals surface area (Å²) in [4.78, 5) is 24.6. The van der Waals surface area contributed by atoms with E-state index in [1.165, 1.54) is 12.7 Å². The average Bonchev–Trinajstić information content (AvgIpc) is 3.20. The lowest BCUT2D eigenvalue weighted by Gasteiger charge is -2.16. The van der Waals surface area contributed by atoms with Crippen LogP contribution in [0.15, 0.2) is 42.5 Å². The van der Waals surface area contributed by atoms with Gasteiger partial charge in [0.25, 0.3) is 5.91 Å². The van der Waals surface area contributed by atoms with Gasteiger partial charge in [-0.1, -0.05) is 30.3 Å². The number of esters is 1. The van der Waals surface area contributed by atoms with Crippen LogP contribution < -0.4 is 5.32 Å². The molecule has 0 spiro atoms. The van der Waals surface area contributed by atoms with Crippen LogP contribution in [0.2, 0.25) is 0 Å². The third kappa shape index (κ3) is 2.90. The molecule has 2 aromatic rings. The van der Waals surface area contributed by atoms with Crippen LogP contribution in [0, 0.1) is 0 Å². The second-order valence-corrected chi connectivity index (χ2v) is 6.57. The predicted octanol–water partition coefficient (Wildman–Crippen LogP) is 3.00. The zero-order chi connectivity index (χ0) is 15.6. The van der Waals surface area contributed by atoms with Gasteiger partial charge in [-0.3, -0.25) is 4.79 Å². The number of benzene rings is 1. The third-order valence-electron chi connectivity index (χ3n) is 4.04. The van der Waals surface area contributed by atoms with Crippen LogP contribution in [0.4, 0.5) is 0 Å². The van der Waals surface area contributed by atoms with Crippen LogP contribution in [0.1, 0.15) is 37.7 Å². The minimum Gasteiger partial charge on any atom is -0.465 e. The second kappa shape index (κ2) is 5.93. The fourth-order valence-electron chi connectivity index (χ4n) is 2.52. The molecule has 0 atom stereocenters. The molecule has 1 saturated carbocycles. The Labute approximate surface area is 133 Å². The number of carbonyl (C=O) groups is 2. The van der Waals surface area contributed by atoms with Crippen molar-refractivity contribution in [2.24, 2.45) is 0 Å². The molecule has 0 radical (unpaired) electrons. The first kappa shape index (κ1) is 14.8. The van der Waals surface area contributed by atoms with E-state index in [1.807, 2.05) is 18.2 Å². The molecule has 1 aromatic heterocycles. The summed E-state index contributed by atoms with van der Waals surface area (Å²) < 4.78 is 4.65. The number of amides is 1. The number of carbonyl (C=O) groups excluding carboxylic acids is 2. The van der Waals surface area contributed by atoms with E-state index >= 15 is 0 Å². The van der Waals surface area contributed by atoms with Gasteiger partial charge < -0.3 is 10.1 Å². The van der Waals surface area contributed by atoms with Crippen molar-refractivity contribution in [3.63, 3.8) is 0 Å². The fourth-order valence-corrected chi connectivity index (χ4v) is 3.36. The van der Waals surface area contributed by atoms with E-state index in [4.69, 9.17) is 0 Å². The number of thiophene rings is 1. The first-order valence-corrected chi connectivity index (χ1v) is 7.98. The Morgan fingerprint density at radius 2 is 1.82 bits per heavy atom. The van der Waals surface area contributed by atoms with Crippen LogP contribution >= 0.6 is 11.3 Å². The molecule has 1 fully saturated rings. The van der Waals surface area contributed by atoms with E-state index in [-0.39, 0.29) is 11.3 Å². The Balaban J connectivity index is 1.63. The van der Waals surface area contributed by atoms with Gasteiger partial charge in [0.05, 0.1) is 12.0 Å². The molecule has 0 saturated heterocycles. The lowest BCUT2D eigenvalue weighted by molar-refractivity contribution is 0.0606. The van der Waals surface area contributed by atoms with E-state index in [1.54, 1.807) is 12.1 Å². The molecule has 1 N–H and O–H groups in total. The summed E-state index contributed by atoms with van der Waals surface area (Å²) in [6, 6.07) is 13.6. The molecule has 3 rings (SSSR count).